The average molecular weight is 190 g/mol. The third kappa shape index (κ3) is 3.06. The number of hydrogen-bond donors (Lipinski definition) is 0. The van der Waals surface area contributed by atoms with Crippen molar-refractivity contribution in [1.82, 2.24) is 0 Å². The molecule has 0 aliphatic heterocycles. The second-order valence-corrected chi connectivity index (χ2v) is 4.12. The van der Waals surface area contributed by atoms with Crippen LogP contribution in [-0.2, 0) is 20.9 Å². The summed E-state index contributed by atoms with van der Waals surface area (Å²) in [6, 6.07) is 3.43. The zero-order valence-electron chi connectivity index (χ0n) is 6.90. The molecule has 12 heavy (non-hydrogen) atoms. The van der Waals surface area contributed by atoms with Gasteiger partial charge in [-0.15, -0.1) is 0 Å². The zero-order chi connectivity index (χ0) is 9.19. The highest BCUT2D eigenvalue weighted by atomic mass is 32.2. The first-order valence-electron chi connectivity index (χ1n) is 3.37. The quantitative estimate of drug-likeness (QED) is 0.669. The lowest BCUT2D eigenvalue weighted by Crippen LogP contribution is -2.01. The fourth-order valence-corrected chi connectivity index (χ4v) is 1.06. The van der Waals surface area contributed by atoms with Gasteiger partial charge in [-0.2, -0.15) is 8.42 Å². The number of rotatable bonds is 3. The van der Waals surface area contributed by atoms with Gasteiger partial charge in [-0.25, -0.2) is 0 Å². The summed E-state index contributed by atoms with van der Waals surface area (Å²) in [7, 11) is -3.37. The Kier molecular flexibility index (Phi) is 2.54. The van der Waals surface area contributed by atoms with E-state index in [4.69, 9.17) is 4.42 Å². The minimum atomic E-state index is -3.37. The highest BCUT2D eigenvalue weighted by Gasteiger charge is 2.04. The lowest BCUT2D eigenvalue weighted by molar-refractivity contribution is 0.274. The molecule has 0 aliphatic rings. The molecule has 0 unspecified atom stereocenters. The minimum absolute atomic E-state index is 0.0350. The molecular formula is C7H10O4S. The van der Waals surface area contributed by atoms with Crippen LogP contribution in [0.5, 0.6) is 0 Å². The summed E-state index contributed by atoms with van der Waals surface area (Å²) in [5.74, 6) is 1.25. The highest BCUT2D eigenvalue weighted by Crippen LogP contribution is 2.08. The fraction of sp³-hybridized carbons (Fsp3) is 0.429. The zero-order valence-corrected chi connectivity index (χ0v) is 7.72. The second kappa shape index (κ2) is 3.28. The van der Waals surface area contributed by atoms with Gasteiger partial charge in [0.2, 0.25) is 0 Å². The van der Waals surface area contributed by atoms with Crippen molar-refractivity contribution < 1.29 is 17.0 Å². The van der Waals surface area contributed by atoms with Crippen LogP contribution in [0.25, 0.3) is 0 Å². The molecule has 1 aromatic heterocycles. The van der Waals surface area contributed by atoms with E-state index in [1.54, 1.807) is 19.1 Å². The van der Waals surface area contributed by atoms with E-state index in [2.05, 4.69) is 4.18 Å². The van der Waals surface area contributed by atoms with Crippen molar-refractivity contribution in [2.24, 2.45) is 0 Å². The molecule has 0 bridgehead atoms. The molecule has 0 N–H and O–H groups in total. The molecule has 0 radical (unpaired) electrons. The molecule has 0 saturated carbocycles. The smallest absolute Gasteiger partial charge is 0.264 e. The van der Waals surface area contributed by atoms with Crippen molar-refractivity contribution in [3.8, 4) is 0 Å². The van der Waals surface area contributed by atoms with Crippen molar-refractivity contribution in [3.63, 3.8) is 0 Å². The van der Waals surface area contributed by atoms with E-state index >= 15 is 0 Å². The van der Waals surface area contributed by atoms with Crippen molar-refractivity contribution in [1.29, 1.82) is 0 Å². The molecule has 0 fully saturated rings. The summed E-state index contributed by atoms with van der Waals surface area (Å²) in [4.78, 5) is 0. The van der Waals surface area contributed by atoms with Crippen LogP contribution in [-0.4, -0.2) is 14.7 Å². The van der Waals surface area contributed by atoms with Gasteiger partial charge in [0.1, 0.15) is 18.1 Å². The Labute approximate surface area is 71.3 Å². The second-order valence-electron chi connectivity index (χ2n) is 2.48. The lowest BCUT2D eigenvalue weighted by Gasteiger charge is -1.96. The summed E-state index contributed by atoms with van der Waals surface area (Å²) in [5, 5.41) is 0. The van der Waals surface area contributed by atoms with Crippen LogP contribution in [0.2, 0.25) is 0 Å². The third-order valence-corrected chi connectivity index (χ3v) is 1.76. The SMILES string of the molecule is Cc1ccc(COS(C)(=O)=O)o1. The van der Waals surface area contributed by atoms with Crippen molar-refractivity contribution >= 4 is 10.1 Å². The van der Waals surface area contributed by atoms with Crippen molar-refractivity contribution in [2.45, 2.75) is 13.5 Å². The minimum Gasteiger partial charge on any atom is -0.464 e. The first-order chi connectivity index (χ1) is 5.47. The van der Waals surface area contributed by atoms with E-state index in [1.807, 2.05) is 0 Å². The molecule has 0 aliphatic carbocycles. The van der Waals surface area contributed by atoms with Gasteiger partial charge in [0.25, 0.3) is 10.1 Å². The van der Waals surface area contributed by atoms with E-state index < -0.39 is 10.1 Å². The largest absolute Gasteiger partial charge is 0.464 e. The van der Waals surface area contributed by atoms with Crippen LogP contribution < -0.4 is 0 Å². The third-order valence-electron chi connectivity index (χ3n) is 1.21. The standard InChI is InChI=1S/C7H10O4S/c1-6-3-4-7(11-6)5-10-12(2,8)9/h3-4H,5H2,1-2H3. The Bertz CT molecular complexity index is 349. The summed E-state index contributed by atoms with van der Waals surface area (Å²) in [6.45, 7) is 1.75. The monoisotopic (exact) mass is 190 g/mol. The van der Waals surface area contributed by atoms with Gasteiger partial charge in [-0.3, -0.25) is 4.18 Å². The molecular weight excluding hydrogens is 180 g/mol. The Morgan fingerprint density at radius 1 is 1.50 bits per heavy atom. The topological polar surface area (TPSA) is 56.5 Å². The van der Waals surface area contributed by atoms with Crippen molar-refractivity contribution in [3.05, 3.63) is 23.7 Å². The van der Waals surface area contributed by atoms with E-state index in [9.17, 15) is 8.42 Å². The number of hydrogen-bond acceptors (Lipinski definition) is 4. The first kappa shape index (κ1) is 9.28. The average Bonchev–Trinajstić information content (AvgIpc) is 2.30. The summed E-state index contributed by atoms with van der Waals surface area (Å²) in [5.41, 5.74) is 0. The maximum Gasteiger partial charge on any atom is 0.264 e. The van der Waals surface area contributed by atoms with Crippen LogP contribution >= 0.6 is 0 Å². The molecule has 0 spiro atoms. The Balaban J connectivity index is 2.55. The molecule has 1 rings (SSSR count). The summed E-state index contributed by atoms with van der Waals surface area (Å²) < 4.78 is 30.7. The van der Waals surface area contributed by atoms with Gasteiger partial charge < -0.3 is 4.42 Å². The highest BCUT2D eigenvalue weighted by molar-refractivity contribution is 7.85. The predicted octanol–water partition coefficient (Wildman–Crippen LogP) is 1.06. The molecule has 1 aromatic rings. The van der Waals surface area contributed by atoms with Crippen LogP contribution in [0.1, 0.15) is 11.5 Å². The molecule has 0 amide bonds. The first-order valence-corrected chi connectivity index (χ1v) is 5.19. The molecule has 0 atom stereocenters. The molecule has 5 heteroatoms. The summed E-state index contributed by atoms with van der Waals surface area (Å²) in [6.07, 6.45) is 1.00. The van der Waals surface area contributed by atoms with Crippen LogP contribution in [0, 0.1) is 6.92 Å². The lowest BCUT2D eigenvalue weighted by atomic mass is 10.4. The maximum atomic E-state index is 10.5. The van der Waals surface area contributed by atoms with E-state index in [-0.39, 0.29) is 6.61 Å². The molecule has 4 nitrogen and oxygen atoms in total. The number of furan rings is 1. The van der Waals surface area contributed by atoms with Crippen LogP contribution in [0.3, 0.4) is 0 Å². The molecule has 1 heterocycles. The van der Waals surface area contributed by atoms with Gasteiger partial charge in [-0.1, -0.05) is 0 Å². The predicted molar refractivity (Wildman–Crippen MR) is 43.1 cm³/mol. The Morgan fingerprint density at radius 2 is 2.17 bits per heavy atom. The molecule has 0 aromatic carbocycles. The van der Waals surface area contributed by atoms with Gasteiger partial charge in [0.15, 0.2) is 0 Å². The molecule has 0 saturated heterocycles. The van der Waals surface area contributed by atoms with Gasteiger partial charge in [0, 0.05) is 0 Å². The van der Waals surface area contributed by atoms with Crippen molar-refractivity contribution in [2.75, 3.05) is 6.26 Å². The van der Waals surface area contributed by atoms with Crippen LogP contribution in [0.15, 0.2) is 16.5 Å². The number of aryl methyl sites for hydroxylation is 1. The van der Waals surface area contributed by atoms with E-state index in [1.165, 1.54) is 0 Å². The maximum absolute atomic E-state index is 10.5. The van der Waals surface area contributed by atoms with Crippen LogP contribution in [0.4, 0.5) is 0 Å². The Hall–Kier alpha value is -0.810. The van der Waals surface area contributed by atoms with Gasteiger partial charge >= 0.3 is 0 Å². The van der Waals surface area contributed by atoms with Gasteiger partial charge in [0.05, 0.1) is 6.26 Å². The Morgan fingerprint density at radius 3 is 2.58 bits per heavy atom. The van der Waals surface area contributed by atoms with E-state index in [0.29, 0.717) is 5.76 Å². The van der Waals surface area contributed by atoms with E-state index in [0.717, 1.165) is 12.0 Å². The van der Waals surface area contributed by atoms with Gasteiger partial charge in [-0.05, 0) is 19.1 Å². The molecule has 68 valence electrons. The fourth-order valence-electron chi connectivity index (χ4n) is 0.728. The summed E-state index contributed by atoms with van der Waals surface area (Å²) >= 11 is 0. The normalized spacial score (nSPS) is 11.8.